The van der Waals surface area contributed by atoms with Gasteiger partial charge in [-0.25, -0.2) is 0 Å². The zero-order valence-corrected chi connectivity index (χ0v) is 12.1. The van der Waals surface area contributed by atoms with Crippen LogP contribution < -0.4 is 5.73 Å². The summed E-state index contributed by atoms with van der Waals surface area (Å²) in [5, 5.41) is 0. The molecule has 1 fully saturated rings. The molecule has 1 atom stereocenters. The molecular weight excluding hydrogens is 258 g/mol. The number of amides is 1. The van der Waals surface area contributed by atoms with Gasteiger partial charge in [0.1, 0.15) is 4.99 Å². The van der Waals surface area contributed by atoms with Gasteiger partial charge in [0.2, 0.25) is 0 Å². The molecule has 1 heterocycles. The summed E-state index contributed by atoms with van der Waals surface area (Å²) in [5.41, 5.74) is 7.03. The average molecular weight is 277 g/mol. The average Bonchev–Trinajstić information content (AvgIpc) is 2.41. The van der Waals surface area contributed by atoms with Gasteiger partial charge in [-0.15, -0.1) is 0 Å². The lowest BCUT2D eigenvalue weighted by atomic mass is 10.1. The summed E-state index contributed by atoms with van der Waals surface area (Å²) < 4.78 is 0. The Bertz CT molecular complexity index is 486. The van der Waals surface area contributed by atoms with Crippen LogP contribution in [0.2, 0.25) is 0 Å². The molecule has 19 heavy (non-hydrogen) atoms. The topological polar surface area (TPSA) is 49.6 Å². The van der Waals surface area contributed by atoms with E-state index in [1.54, 1.807) is 24.3 Å². The van der Waals surface area contributed by atoms with Crippen molar-refractivity contribution in [1.82, 2.24) is 9.80 Å². The van der Waals surface area contributed by atoms with Crippen molar-refractivity contribution in [3.63, 3.8) is 0 Å². The Kier molecular flexibility index (Phi) is 4.17. The lowest BCUT2D eigenvalue weighted by Gasteiger charge is -2.37. The smallest absolute Gasteiger partial charge is 0.253 e. The number of likely N-dealkylation sites (N-methyl/N-ethyl adjacent to an activating group) is 1. The molecule has 1 unspecified atom stereocenters. The molecule has 1 aromatic rings. The molecule has 0 aromatic heterocycles. The van der Waals surface area contributed by atoms with E-state index in [2.05, 4.69) is 18.9 Å². The minimum atomic E-state index is 0.0782. The van der Waals surface area contributed by atoms with E-state index in [1.165, 1.54) is 0 Å². The first-order valence-electron chi connectivity index (χ1n) is 6.38. The number of nitrogens with zero attached hydrogens (tertiary/aromatic N) is 2. The number of carbonyl (C=O) groups is 1. The Morgan fingerprint density at radius 3 is 2.37 bits per heavy atom. The van der Waals surface area contributed by atoms with Crippen molar-refractivity contribution in [3.8, 4) is 0 Å². The van der Waals surface area contributed by atoms with Crippen molar-refractivity contribution in [1.29, 1.82) is 0 Å². The summed E-state index contributed by atoms with van der Waals surface area (Å²) in [6, 6.07) is 7.58. The highest BCUT2D eigenvalue weighted by molar-refractivity contribution is 7.80. The molecule has 0 saturated carbocycles. The van der Waals surface area contributed by atoms with Crippen molar-refractivity contribution in [2.45, 2.75) is 13.0 Å². The van der Waals surface area contributed by atoms with Gasteiger partial charge in [-0.3, -0.25) is 4.79 Å². The van der Waals surface area contributed by atoms with Gasteiger partial charge < -0.3 is 15.5 Å². The monoisotopic (exact) mass is 277 g/mol. The zero-order valence-electron chi connectivity index (χ0n) is 11.3. The highest BCUT2D eigenvalue weighted by Crippen LogP contribution is 2.12. The zero-order chi connectivity index (χ0) is 14.0. The van der Waals surface area contributed by atoms with E-state index in [-0.39, 0.29) is 5.91 Å². The van der Waals surface area contributed by atoms with Gasteiger partial charge in [-0.1, -0.05) is 24.4 Å². The van der Waals surface area contributed by atoms with Gasteiger partial charge in [0, 0.05) is 36.8 Å². The number of hydrogen-bond donors (Lipinski definition) is 1. The third-order valence-electron chi connectivity index (χ3n) is 3.66. The third kappa shape index (κ3) is 3.11. The molecular formula is C14H19N3OS. The van der Waals surface area contributed by atoms with Crippen LogP contribution >= 0.6 is 12.2 Å². The van der Waals surface area contributed by atoms with E-state index >= 15 is 0 Å². The fourth-order valence-electron chi connectivity index (χ4n) is 2.19. The first-order valence-corrected chi connectivity index (χ1v) is 6.79. The third-order valence-corrected chi connectivity index (χ3v) is 3.90. The molecule has 1 saturated heterocycles. The highest BCUT2D eigenvalue weighted by atomic mass is 32.1. The maximum Gasteiger partial charge on any atom is 0.253 e. The van der Waals surface area contributed by atoms with E-state index < -0.39 is 0 Å². The fraction of sp³-hybridized carbons (Fsp3) is 0.429. The quantitative estimate of drug-likeness (QED) is 0.822. The molecule has 0 radical (unpaired) electrons. The lowest BCUT2D eigenvalue weighted by molar-refractivity contribution is 0.0572. The van der Waals surface area contributed by atoms with E-state index in [0.717, 1.165) is 25.2 Å². The van der Waals surface area contributed by atoms with Crippen molar-refractivity contribution in [3.05, 3.63) is 35.4 Å². The van der Waals surface area contributed by atoms with Crippen LogP contribution in [0.3, 0.4) is 0 Å². The Hall–Kier alpha value is -1.46. The Labute approximate surface area is 119 Å². The molecule has 2 rings (SSSR count). The second-order valence-corrected chi connectivity index (χ2v) is 5.46. The molecule has 1 aliphatic heterocycles. The van der Waals surface area contributed by atoms with Gasteiger partial charge in [-0.05, 0) is 26.1 Å². The Balaban J connectivity index is 2.09. The minimum Gasteiger partial charge on any atom is -0.389 e. The molecule has 1 aromatic carbocycles. The van der Waals surface area contributed by atoms with E-state index in [1.807, 2.05) is 4.90 Å². The number of piperazine rings is 1. The van der Waals surface area contributed by atoms with Crippen molar-refractivity contribution >= 4 is 23.1 Å². The number of benzene rings is 1. The normalized spacial score (nSPS) is 20.3. The molecule has 2 N–H and O–H groups in total. The van der Waals surface area contributed by atoms with Crippen LogP contribution in [0, 0.1) is 0 Å². The molecule has 5 heteroatoms. The van der Waals surface area contributed by atoms with Gasteiger partial charge in [-0.2, -0.15) is 0 Å². The van der Waals surface area contributed by atoms with Crippen LogP contribution in [0.5, 0.6) is 0 Å². The molecule has 4 nitrogen and oxygen atoms in total. The minimum absolute atomic E-state index is 0.0782. The molecule has 1 amide bonds. The molecule has 0 aliphatic carbocycles. The Morgan fingerprint density at radius 2 is 1.84 bits per heavy atom. The molecule has 0 spiro atoms. The van der Waals surface area contributed by atoms with Crippen LogP contribution in [0.4, 0.5) is 0 Å². The van der Waals surface area contributed by atoms with E-state index in [0.29, 0.717) is 16.6 Å². The van der Waals surface area contributed by atoms with Crippen molar-refractivity contribution in [2.24, 2.45) is 5.73 Å². The maximum absolute atomic E-state index is 12.4. The number of hydrogen-bond acceptors (Lipinski definition) is 3. The first-order chi connectivity index (χ1) is 8.99. The van der Waals surface area contributed by atoms with Crippen molar-refractivity contribution in [2.75, 3.05) is 26.7 Å². The number of nitrogens with two attached hydrogens (primary N) is 1. The summed E-state index contributed by atoms with van der Waals surface area (Å²) in [5.74, 6) is 0.0782. The number of carbonyl (C=O) groups excluding carboxylic acids is 1. The largest absolute Gasteiger partial charge is 0.389 e. The van der Waals surface area contributed by atoms with Crippen LogP contribution in [-0.4, -0.2) is 53.4 Å². The highest BCUT2D eigenvalue weighted by Gasteiger charge is 2.24. The van der Waals surface area contributed by atoms with Crippen LogP contribution in [0.1, 0.15) is 22.8 Å². The summed E-state index contributed by atoms with van der Waals surface area (Å²) in [4.78, 5) is 16.9. The van der Waals surface area contributed by atoms with E-state index in [4.69, 9.17) is 18.0 Å². The summed E-state index contributed by atoms with van der Waals surface area (Å²) >= 11 is 4.90. The number of rotatable bonds is 2. The predicted molar refractivity (Wildman–Crippen MR) is 80.3 cm³/mol. The van der Waals surface area contributed by atoms with Gasteiger partial charge in [0.15, 0.2) is 0 Å². The van der Waals surface area contributed by atoms with Gasteiger partial charge >= 0.3 is 0 Å². The summed E-state index contributed by atoms with van der Waals surface area (Å²) in [6.07, 6.45) is 0. The second kappa shape index (κ2) is 5.67. The van der Waals surface area contributed by atoms with E-state index in [9.17, 15) is 4.79 Å². The fourth-order valence-corrected chi connectivity index (χ4v) is 2.33. The van der Waals surface area contributed by atoms with Gasteiger partial charge in [0.05, 0.1) is 0 Å². The SMILES string of the molecule is CC1CN(C(=O)c2ccc(C(N)=S)cc2)CCN1C. The Morgan fingerprint density at radius 1 is 1.26 bits per heavy atom. The van der Waals surface area contributed by atoms with Gasteiger partial charge in [0.25, 0.3) is 5.91 Å². The van der Waals surface area contributed by atoms with Crippen LogP contribution in [0.25, 0.3) is 0 Å². The second-order valence-electron chi connectivity index (χ2n) is 5.02. The predicted octanol–water partition coefficient (Wildman–Crippen LogP) is 1.10. The standard InChI is InChI=1S/C14H19N3OS/c1-10-9-17(8-7-16(10)2)14(18)12-5-3-11(4-6-12)13(15)19/h3-6,10H,7-9H2,1-2H3,(H2,15,19). The summed E-state index contributed by atoms with van der Waals surface area (Å²) in [6.45, 7) is 4.59. The number of thiocarbonyl (C=S) groups is 1. The maximum atomic E-state index is 12.4. The molecule has 102 valence electrons. The van der Waals surface area contributed by atoms with Crippen molar-refractivity contribution < 1.29 is 4.79 Å². The van der Waals surface area contributed by atoms with Crippen LogP contribution in [0.15, 0.2) is 24.3 Å². The first kappa shape index (κ1) is 14.0. The summed E-state index contributed by atoms with van der Waals surface area (Å²) in [7, 11) is 2.09. The van der Waals surface area contributed by atoms with Crippen LogP contribution in [-0.2, 0) is 0 Å². The lowest BCUT2D eigenvalue weighted by Crippen LogP contribution is -2.52. The molecule has 0 bridgehead atoms. The molecule has 1 aliphatic rings.